The van der Waals surface area contributed by atoms with E-state index >= 15 is 0 Å². The third kappa shape index (κ3) is 21.4. The Morgan fingerprint density at radius 1 is 0.694 bits per heavy atom. The number of carboxylic acids is 2. The van der Waals surface area contributed by atoms with Gasteiger partial charge < -0.3 is 30.9 Å². The molecule has 0 aliphatic heterocycles. The van der Waals surface area contributed by atoms with Gasteiger partial charge in [-0.15, -0.1) is 0 Å². The van der Waals surface area contributed by atoms with E-state index in [0.29, 0.717) is 38.8 Å². The largest absolute Gasteiger partial charge is 0.491 e. The van der Waals surface area contributed by atoms with Crippen molar-refractivity contribution in [2.75, 3.05) is 13.1 Å². The summed E-state index contributed by atoms with van der Waals surface area (Å²) in [5, 5.41) is 42.0. The van der Waals surface area contributed by atoms with Crippen LogP contribution in [0.1, 0.15) is 146 Å². The van der Waals surface area contributed by atoms with Crippen LogP contribution in [0.5, 0.6) is 0 Å². The lowest BCUT2D eigenvalue weighted by Gasteiger charge is -2.12. The van der Waals surface area contributed by atoms with Crippen LogP contribution in [0.4, 0.5) is 4.39 Å². The SMILES string of the molecule is C[C@@H](CCCCNC(=O)CC[C@H](CC(=O)CCCCCCCCCCCCCCCNC(=O)c1ccc(B(O)O)c(F)c1)C(=O)O)C(=O)O. The highest BCUT2D eigenvalue weighted by Gasteiger charge is 2.22. The van der Waals surface area contributed by atoms with Crippen molar-refractivity contribution in [2.45, 2.75) is 135 Å². The quantitative estimate of drug-likeness (QED) is 0.0468. The van der Waals surface area contributed by atoms with Gasteiger partial charge in [-0.05, 0) is 44.2 Å². The fourth-order valence-corrected chi connectivity index (χ4v) is 5.58. The number of hydrogen-bond donors (Lipinski definition) is 6. The van der Waals surface area contributed by atoms with Gasteiger partial charge in [0.05, 0.1) is 11.8 Å². The summed E-state index contributed by atoms with van der Waals surface area (Å²) >= 11 is 0. The van der Waals surface area contributed by atoms with Crippen molar-refractivity contribution in [3.63, 3.8) is 0 Å². The molecule has 0 saturated carbocycles. The molecule has 0 heterocycles. The third-order valence-corrected chi connectivity index (χ3v) is 8.81. The summed E-state index contributed by atoms with van der Waals surface area (Å²) in [5.74, 6) is -4.72. The van der Waals surface area contributed by atoms with Crippen LogP contribution >= 0.6 is 0 Å². The number of unbranched alkanes of at least 4 members (excludes halogenated alkanes) is 13. The van der Waals surface area contributed by atoms with Gasteiger partial charge in [-0.3, -0.25) is 24.0 Å². The molecule has 0 fully saturated rings. The van der Waals surface area contributed by atoms with Crippen LogP contribution in [0.2, 0.25) is 0 Å². The van der Waals surface area contributed by atoms with Gasteiger partial charge in [-0.2, -0.15) is 0 Å². The Morgan fingerprint density at radius 2 is 1.22 bits per heavy atom. The predicted octanol–water partition coefficient (Wildman–Crippen LogP) is 5.14. The Balaban J connectivity index is 1.97. The molecule has 1 rings (SSSR count). The first kappa shape index (κ1) is 43.7. The average Bonchev–Trinajstić information content (AvgIpc) is 3.05. The van der Waals surface area contributed by atoms with E-state index in [4.69, 9.17) is 15.2 Å². The van der Waals surface area contributed by atoms with E-state index in [1.807, 2.05) is 0 Å². The van der Waals surface area contributed by atoms with E-state index < -0.39 is 36.7 Å². The first-order valence-electron chi connectivity index (χ1n) is 18.1. The Labute approximate surface area is 291 Å². The van der Waals surface area contributed by atoms with Gasteiger partial charge in [0.1, 0.15) is 11.6 Å². The summed E-state index contributed by atoms with van der Waals surface area (Å²) in [6.07, 6.45) is 16.2. The molecule has 0 aliphatic carbocycles. The molecule has 11 nitrogen and oxygen atoms in total. The number of rotatable bonds is 30. The number of carboxylic acid groups (broad SMARTS) is 2. The summed E-state index contributed by atoms with van der Waals surface area (Å²) < 4.78 is 13.8. The second-order valence-electron chi connectivity index (χ2n) is 13.1. The molecule has 0 saturated heterocycles. The molecule has 6 N–H and O–H groups in total. The number of hydrogen-bond acceptors (Lipinski definition) is 7. The van der Waals surface area contributed by atoms with Crippen LogP contribution in [0.15, 0.2) is 18.2 Å². The Kier molecular flexibility index (Phi) is 23.7. The molecular weight excluding hydrogens is 634 g/mol. The number of halogens is 1. The molecule has 1 aromatic rings. The van der Waals surface area contributed by atoms with Crippen molar-refractivity contribution in [1.82, 2.24) is 10.6 Å². The lowest BCUT2D eigenvalue weighted by Crippen LogP contribution is -2.33. The zero-order chi connectivity index (χ0) is 36.4. The van der Waals surface area contributed by atoms with Crippen LogP contribution in [0, 0.1) is 17.7 Å². The smallest absolute Gasteiger partial charge is 0.481 e. The first-order chi connectivity index (χ1) is 23.4. The fourth-order valence-electron chi connectivity index (χ4n) is 5.58. The van der Waals surface area contributed by atoms with Gasteiger partial charge in [0, 0.05) is 43.4 Å². The molecule has 0 aliphatic rings. The fraction of sp³-hybridized carbons (Fsp3) is 0.694. The number of carbonyl (C=O) groups is 5. The van der Waals surface area contributed by atoms with Crippen molar-refractivity contribution in [2.24, 2.45) is 11.8 Å². The average molecular weight is 693 g/mol. The first-order valence-corrected chi connectivity index (χ1v) is 18.1. The van der Waals surface area contributed by atoms with Crippen molar-refractivity contribution in [1.29, 1.82) is 0 Å². The molecule has 0 spiro atoms. The lowest BCUT2D eigenvalue weighted by atomic mass is 9.79. The van der Waals surface area contributed by atoms with Gasteiger partial charge in [-0.1, -0.05) is 90.0 Å². The number of amides is 2. The molecule has 276 valence electrons. The summed E-state index contributed by atoms with van der Waals surface area (Å²) in [5.41, 5.74) is -0.121. The van der Waals surface area contributed by atoms with Crippen molar-refractivity contribution < 1.29 is 48.6 Å². The van der Waals surface area contributed by atoms with E-state index in [9.17, 15) is 33.5 Å². The molecule has 13 heteroatoms. The molecule has 0 radical (unpaired) electrons. The van der Waals surface area contributed by atoms with Gasteiger partial charge >= 0.3 is 19.1 Å². The molecule has 2 atom stereocenters. The standard InChI is InChI=1S/C36H58BFN2O9/c1-27(35(44)45)17-14-16-23-39-33(42)22-20-29(36(46)47)25-30(41)18-13-11-9-7-5-3-2-4-6-8-10-12-15-24-40-34(43)28-19-21-31(37(48)49)32(38)26-28/h19,21,26-27,29,48-49H,2-18,20,22-25H2,1H3,(H,39,42)(H,40,43)(H,44,45)(H,46,47)/t27-,29+/m0/s1. The van der Waals surface area contributed by atoms with E-state index in [-0.39, 0.29) is 47.9 Å². The molecular formula is C36H58BFN2O9. The highest BCUT2D eigenvalue weighted by Crippen LogP contribution is 2.17. The molecule has 0 aromatic heterocycles. The number of aliphatic carboxylic acids is 2. The van der Waals surface area contributed by atoms with E-state index in [1.54, 1.807) is 6.92 Å². The third-order valence-electron chi connectivity index (χ3n) is 8.81. The van der Waals surface area contributed by atoms with Gasteiger partial charge in [0.15, 0.2) is 0 Å². The van der Waals surface area contributed by atoms with Crippen molar-refractivity contribution in [3.05, 3.63) is 29.6 Å². The van der Waals surface area contributed by atoms with Crippen LogP contribution in [-0.2, 0) is 19.2 Å². The molecule has 1 aromatic carbocycles. The second kappa shape index (κ2) is 26.5. The summed E-state index contributed by atoms with van der Waals surface area (Å²) in [4.78, 5) is 59.0. The van der Waals surface area contributed by atoms with E-state index in [2.05, 4.69) is 10.6 Å². The maximum atomic E-state index is 13.8. The minimum absolute atomic E-state index is 0.0419. The Morgan fingerprint density at radius 3 is 1.76 bits per heavy atom. The monoisotopic (exact) mass is 692 g/mol. The number of carbonyl (C=O) groups excluding carboxylic acids is 3. The number of benzene rings is 1. The summed E-state index contributed by atoms with van der Waals surface area (Å²) in [6, 6.07) is 3.56. The number of Topliss-reactive ketones (excluding diaryl/α,β-unsaturated/α-hetero) is 1. The lowest BCUT2D eigenvalue weighted by molar-refractivity contribution is -0.144. The summed E-state index contributed by atoms with van der Waals surface area (Å²) in [7, 11) is -1.92. The summed E-state index contributed by atoms with van der Waals surface area (Å²) in [6.45, 7) is 2.56. The van der Waals surface area contributed by atoms with E-state index in [1.165, 1.54) is 37.8 Å². The van der Waals surface area contributed by atoms with Crippen molar-refractivity contribution in [3.8, 4) is 0 Å². The van der Waals surface area contributed by atoms with Gasteiger partial charge in [0.2, 0.25) is 5.91 Å². The van der Waals surface area contributed by atoms with Crippen LogP contribution < -0.4 is 16.1 Å². The highest BCUT2D eigenvalue weighted by atomic mass is 19.1. The Bertz CT molecular complexity index is 1150. The molecule has 49 heavy (non-hydrogen) atoms. The zero-order valence-corrected chi connectivity index (χ0v) is 29.2. The molecule has 0 bridgehead atoms. The van der Waals surface area contributed by atoms with Crippen LogP contribution in [0.25, 0.3) is 0 Å². The normalized spacial score (nSPS) is 12.2. The van der Waals surface area contributed by atoms with Crippen molar-refractivity contribution >= 4 is 42.1 Å². The zero-order valence-electron chi connectivity index (χ0n) is 29.2. The maximum absolute atomic E-state index is 13.8. The number of ketones is 1. The predicted molar refractivity (Wildman–Crippen MR) is 187 cm³/mol. The topological polar surface area (TPSA) is 190 Å². The van der Waals surface area contributed by atoms with E-state index in [0.717, 1.165) is 63.9 Å². The molecule has 2 amide bonds. The number of nitrogens with one attached hydrogen (secondary N) is 2. The van der Waals surface area contributed by atoms with Crippen LogP contribution in [-0.4, -0.2) is 70.0 Å². The van der Waals surface area contributed by atoms with Gasteiger partial charge in [0.25, 0.3) is 5.91 Å². The molecule has 0 unspecified atom stereocenters. The minimum atomic E-state index is -1.92. The Hall–Kier alpha value is -3.32. The van der Waals surface area contributed by atoms with Gasteiger partial charge in [-0.25, -0.2) is 4.39 Å². The minimum Gasteiger partial charge on any atom is -0.481 e. The van der Waals surface area contributed by atoms with Crippen LogP contribution in [0.3, 0.4) is 0 Å². The highest BCUT2D eigenvalue weighted by molar-refractivity contribution is 6.58. The maximum Gasteiger partial charge on any atom is 0.491 e. The second-order valence-corrected chi connectivity index (χ2v) is 13.1.